The second kappa shape index (κ2) is 4.64. The highest BCUT2D eigenvalue weighted by molar-refractivity contribution is 6.23. The molecule has 0 aromatic heterocycles. The first-order chi connectivity index (χ1) is 6.14. The van der Waals surface area contributed by atoms with Gasteiger partial charge in [0.2, 0.25) is 0 Å². The van der Waals surface area contributed by atoms with Gasteiger partial charge in [0.25, 0.3) is 0 Å². The van der Waals surface area contributed by atoms with Crippen LogP contribution in [-0.2, 0) is 6.54 Å². The fourth-order valence-corrected chi connectivity index (χ4v) is 1.07. The summed E-state index contributed by atoms with van der Waals surface area (Å²) >= 11 is 6.16. The molecule has 0 aliphatic rings. The van der Waals surface area contributed by atoms with Gasteiger partial charge in [-0.15, -0.1) is 11.6 Å². The number of rotatable bonds is 4. The van der Waals surface area contributed by atoms with Gasteiger partial charge in [0.05, 0.1) is 5.00 Å². The lowest BCUT2D eigenvalue weighted by molar-refractivity contribution is 0.476. The van der Waals surface area contributed by atoms with E-state index in [1.165, 1.54) is 5.56 Å². The molecule has 1 rings (SSSR count). The molecule has 0 saturated carbocycles. The van der Waals surface area contributed by atoms with Crippen LogP contribution in [-0.4, -0.2) is 5.00 Å². The van der Waals surface area contributed by atoms with E-state index in [0.29, 0.717) is 0 Å². The molecule has 0 fully saturated rings. The lowest BCUT2D eigenvalue weighted by Gasteiger charge is -2.21. The summed E-state index contributed by atoms with van der Waals surface area (Å²) < 4.78 is 0. The Hall–Kier alpha value is -0.530. The van der Waals surface area contributed by atoms with E-state index >= 15 is 0 Å². The Morgan fingerprint density at radius 1 is 1.31 bits per heavy atom. The van der Waals surface area contributed by atoms with Gasteiger partial charge in [0.15, 0.2) is 0 Å². The van der Waals surface area contributed by atoms with Gasteiger partial charge in [0, 0.05) is 6.54 Å². The quantitative estimate of drug-likeness (QED) is 0.578. The lowest BCUT2D eigenvalue weighted by atomic mass is 10.2. The summed E-state index contributed by atoms with van der Waals surface area (Å²) in [5, 5.41) is 3.29. The van der Waals surface area contributed by atoms with Gasteiger partial charge in [-0.2, -0.15) is 0 Å². The minimum Gasteiger partial charge on any atom is -0.295 e. The minimum absolute atomic E-state index is 0.282. The third kappa shape index (κ3) is 3.79. The molecule has 1 aromatic rings. The third-order valence-electron chi connectivity index (χ3n) is 2.17. The molecule has 1 nitrogen and oxygen atoms in total. The summed E-state index contributed by atoms with van der Waals surface area (Å²) in [5.41, 5.74) is 1.27. The Morgan fingerprint density at radius 2 is 1.92 bits per heavy atom. The topological polar surface area (TPSA) is 12.0 Å². The molecule has 0 spiro atoms. The summed E-state index contributed by atoms with van der Waals surface area (Å²) in [4.78, 5) is -0.282. The molecular weight excluding hydrogens is 182 g/mol. The molecule has 0 heterocycles. The van der Waals surface area contributed by atoms with Gasteiger partial charge in [-0.3, -0.25) is 5.32 Å². The van der Waals surface area contributed by atoms with E-state index < -0.39 is 0 Å². The van der Waals surface area contributed by atoms with Crippen LogP contribution in [0.25, 0.3) is 0 Å². The molecule has 1 atom stereocenters. The van der Waals surface area contributed by atoms with Crippen molar-refractivity contribution in [1.29, 1.82) is 0 Å². The Kier molecular flexibility index (Phi) is 3.76. The van der Waals surface area contributed by atoms with Crippen LogP contribution in [0.1, 0.15) is 25.8 Å². The van der Waals surface area contributed by atoms with E-state index in [1.807, 2.05) is 25.1 Å². The number of alkyl halides is 1. The average molecular weight is 198 g/mol. The molecule has 0 saturated heterocycles. The monoisotopic (exact) mass is 197 g/mol. The maximum atomic E-state index is 6.16. The molecule has 0 aliphatic heterocycles. The van der Waals surface area contributed by atoms with Crippen LogP contribution in [0.3, 0.4) is 0 Å². The van der Waals surface area contributed by atoms with Crippen LogP contribution < -0.4 is 5.32 Å². The predicted octanol–water partition coefficient (Wildman–Crippen LogP) is 3.14. The Morgan fingerprint density at radius 3 is 2.46 bits per heavy atom. The molecule has 0 radical (unpaired) electrons. The van der Waals surface area contributed by atoms with Crippen molar-refractivity contribution in [2.24, 2.45) is 0 Å². The standard InChI is InChI=1S/C11H16ClN/c1-3-11(2,12)13-9-10-7-5-4-6-8-10/h4-8,13H,3,9H2,1-2H3. The van der Waals surface area contributed by atoms with Gasteiger partial charge >= 0.3 is 0 Å². The van der Waals surface area contributed by atoms with Crippen molar-refractivity contribution in [2.75, 3.05) is 0 Å². The van der Waals surface area contributed by atoms with Gasteiger partial charge < -0.3 is 0 Å². The number of halogens is 1. The first-order valence-corrected chi connectivity index (χ1v) is 5.00. The van der Waals surface area contributed by atoms with Crippen molar-refractivity contribution >= 4 is 11.6 Å². The molecule has 0 aliphatic carbocycles. The van der Waals surface area contributed by atoms with Crippen molar-refractivity contribution in [3.05, 3.63) is 35.9 Å². The second-order valence-electron chi connectivity index (χ2n) is 3.39. The number of nitrogens with one attached hydrogen (secondary N) is 1. The number of hydrogen-bond donors (Lipinski definition) is 1. The van der Waals surface area contributed by atoms with E-state index in [-0.39, 0.29) is 5.00 Å². The maximum absolute atomic E-state index is 6.16. The molecule has 1 unspecified atom stereocenters. The normalized spacial score (nSPS) is 15.3. The van der Waals surface area contributed by atoms with Crippen LogP contribution in [0.4, 0.5) is 0 Å². The zero-order valence-corrected chi connectivity index (χ0v) is 8.93. The SMILES string of the molecule is CCC(C)(Cl)NCc1ccccc1. The number of hydrogen-bond acceptors (Lipinski definition) is 1. The zero-order valence-electron chi connectivity index (χ0n) is 8.18. The van der Waals surface area contributed by atoms with Crippen molar-refractivity contribution in [2.45, 2.75) is 31.8 Å². The van der Waals surface area contributed by atoms with Crippen molar-refractivity contribution in [3.8, 4) is 0 Å². The highest BCUT2D eigenvalue weighted by Crippen LogP contribution is 2.15. The van der Waals surface area contributed by atoms with Gasteiger partial charge in [-0.25, -0.2) is 0 Å². The van der Waals surface area contributed by atoms with E-state index in [1.54, 1.807) is 0 Å². The van der Waals surface area contributed by atoms with E-state index in [4.69, 9.17) is 11.6 Å². The van der Waals surface area contributed by atoms with Crippen molar-refractivity contribution < 1.29 is 0 Å². The zero-order chi connectivity index (χ0) is 9.73. The second-order valence-corrected chi connectivity index (χ2v) is 4.22. The minimum atomic E-state index is -0.282. The highest BCUT2D eigenvalue weighted by atomic mass is 35.5. The van der Waals surface area contributed by atoms with Crippen LogP contribution in [0.5, 0.6) is 0 Å². The molecule has 1 aromatic carbocycles. The average Bonchev–Trinajstić information content (AvgIpc) is 2.17. The predicted molar refractivity (Wildman–Crippen MR) is 57.8 cm³/mol. The van der Waals surface area contributed by atoms with Crippen molar-refractivity contribution in [3.63, 3.8) is 0 Å². The van der Waals surface area contributed by atoms with E-state index in [0.717, 1.165) is 13.0 Å². The molecule has 0 bridgehead atoms. The Bertz CT molecular complexity index is 244. The lowest BCUT2D eigenvalue weighted by Crippen LogP contribution is -2.35. The van der Waals surface area contributed by atoms with Crippen LogP contribution >= 0.6 is 11.6 Å². The summed E-state index contributed by atoms with van der Waals surface area (Å²) in [7, 11) is 0. The summed E-state index contributed by atoms with van der Waals surface area (Å²) in [6.45, 7) is 4.90. The molecule has 13 heavy (non-hydrogen) atoms. The van der Waals surface area contributed by atoms with Crippen LogP contribution in [0.2, 0.25) is 0 Å². The van der Waals surface area contributed by atoms with Crippen LogP contribution in [0.15, 0.2) is 30.3 Å². The van der Waals surface area contributed by atoms with E-state index in [2.05, 4.69) is 24.4 Å². The Balaban J connectivity index is 2.44. The fraction of sp³-hybridized carbons (Fsp3) is 0.455. The first-order valence-electron chi connectivity index (χ1n) is 4.62. The van der Waals surface area contributed by atoms with Gasteiger partial charge in [-0.05, 0) is 18.9 Å². The number of benzene rings is 1. The molecule has 1 N–H and O–H groups in total. The van der Waals surface area contributed by atoms with Gasteiger partial charge in [-0.1, -0.05) is 37.3 Å². The largest absolute Gasteiger partial charge is 0.295 e. The van der Waals surface area contributed by atoms with Crippen molar-refractivity contribution in [1.82, 2.24) is 5.32 Å². The fourth-order valence-electron chi connectivity index (χ4n) is 1.01. The summed E-state index contributed by atoms with van der Waals surface area (Å²) in [5.74, 6) is 0. The summed E-state index contributed by atoms with van der Waals surface area (Å²) in [6, 6.07) is 10.3. The van der Waals surface area contributed by atoms with Gasteiger partial charge in [0.1, 0.15) is 0 Å². The highest BCUT2D eigenvalue weighted by Gasteiger charge is 2.15. The third-order valence-corrected chi connectivity index (χ3v) is 2.57. The smallest absolute Gasteiger partial charge is 0.0907 e. The molecule has 72 valence electrons. The van der Waals surface area contributed by atoms with E-state index in [9.17, 15) is 0 Å². The molecule has 0 amide bonds. The molecular formula is C11H16ClN. The first kappa shape index (κ1) is 10.6. The molecule has 2 heteroatoms. The van der Waals surface area contributed by atoms with Crippen LogP contribution in [0, 0.1) is 0 Å². The Labute approximate surface area is 85.1 Å². The summed E-state index contributed by atoms with van der Waals surface area (Å²) in [6.07, 6.45) is 0.918. The maximum Gasteiger partial charge on any atom is 0.0907 e.